The lowest BCUT2D eigenvalue weighted by atomic mass is 9.94. The number of ether oxygens (including phenoxy) is 3. The number of ketones is 1. The molecule has 7 amide bonds. The molecule has 2 aromatic carbocycles. The number of unbranched alkanes of at least 4 members (excludes halogenated alkanes) is 1. The van der Waals surface area contributed by atoms with E-state index in [9.17, 15) is 53.3 Å². The molecule has 2 aromatic rings. The van der Waals surface area contributed by atoms with Crippen molar-refractivity contribution < 1.29 is 62.4 Å². The van der Waals surface area contributed by atoms with Crippen molar-refractivity contribution in [3.8, 4) is 0 Å². The van der Waals surface area contributed by atoms with Gasteiger partial charge in [0.15, 0.2) is 5.03 Å². The van der Waals surface area contributed by atoms with Crippen molar-refractivity contribution in [1.82, 2.24) is 42.6 Å². The normalized spacial score (nSPS) is 14.0. The standard InChI is InChI=1S/C52H79N11O14/c1-33(26-41(64)30-40(48(70)75-31-38-18-11-9-12-19-38)22-15-16-24-55-50(71)76-32-39-20-13-10-14-21-39)56-43(65)27-34(2)57-44(66)28-35(3)58-45(67)29-36(4)59-46(68)37(5)60-47(69)42(61-51(72)77-52(6,7)8)23-17-25-54-49(53)62-63(73)74/h9-14,18-21,33-37,40,42H,15-17,22-32H2,1-8H3,(H,55,71)(H,56,65)(H,57,66)(H,58,67)(H,59,68)(H,60,69)(H,61,72)(H3,53,54,62)/t33-,34+,35-,36+,37+,40-,42+/m1/s1. The first-order chi connectivity index (χ1) is 36.3. The second kappa shape index (κ2) is 34.7. The van der Waals surface area contributed by atoms with E-state index in [1.807, 2.05) is 60.7 Å². The topological polar surface area (TPSA) is 359 Å². The number of nitrogens with zero attached hydrogens (tertiary/aromatic N) is 2. The number of nitrogens with two attached hydrogens (primary N) is 1. The summed E-state index contributed by atoms with van der Waals surface area (Å²) in [5.74, 6) is -4.70. The Bertz CT molecular complexity index is 2280. The van der Waals surface area contributed by atoms with Crippen molar-refractivity contribution in [2.75, 3.05) is 13.1 Å². The number of carbonyl (C=O) groups excluding carboxylic acids is 9. The number of hydrazine groups is 1. The van der Waals surface area contributed by atoms with Crippen LogP contribution in [0.2, 0.25) is 0 Å². The molecule has 0 spiro atoms. The minimum atomic E-state index is -1.19. The molecule has 77 heavy (non-hydrogen) atoms. The predicted octanol–water partition coefficient (Wildman–Crippen LogP) is 3.26. The maximum Gasteiger partial charge on any atom is 0.408 e. The predicted molar refractivity (Wildman–Crippen MR) is 283 cm³/mol. The Kier molecular flexibility index (Phi) is 29.4. The van der Waals surface area contributed by atoms with Crippen molar-refractivity contribution in [2.24, 2.45) is 16.6 Å². The number of rotatable bonds is 33. The minimum Gasteiger partial charge on any atom is -0.461 e. The molecule has 25 nitrogen and oxygen atoms in total. The molecular formula is C52H79N11O14. The smallest absolute Gasteiger partial charge is 0.408 e. The molecule has 0 aromatic heterocycles. The van der Waals surface area contributed by atoms with Gasteiger partial charge in [0.1, 0.15) is 36.7 Å². The molecule has 0 radical (unpaired) electrons. The molecule has 0 fully saturated rings. The van der Waals surface area contributed by atoms with Crippen LogP contribution >= 0.6 is 0 Å². The van der Waals surface area contributed by atoms with Gasteiger partial charge in [0.05, 0.1) is 5.92 Å². The lowest BCUT2D eigenvalue weighted by Crippen LogP contribution is -2.54. The molecule has 2 rings (SSSR count). The quantitative estimate of drug-likeness (QED) is 0.00942. The average Bonchev–Trinajstić information content (AvgIpc) is 3.32. The van der Waals surface area contributed by atoms with Crippen molar-refractivity contribution in [1.29, 1.82) is 0 Å². The molecular weight excluding hydrogens is 1000 g/mol. The van der Waals surface area contributed by atoms with Crippen LogP contribution in [-0.4, -0.2) is 119 Å². The molecule has 0 unspecified atom stereocenters. The molecule has 0 heterocycles. The Morgan fingerprint density at radius 2 is 1.12 bits per heavy atom. The fourth-order valence-corrected chi connectivity index (χ4v) is 7.46. The maximum atomic E-state index is 13.3. The molecule has 7 atom stereocenters. The van der Waals surface area contributed by atoms with Crippen LogP contribution in [0.5, 0.6) is 0 Å². The first-order valence-electron chi connectivity index (χ1n) is 25.6. The van der Waals surface area contributed by atoms with E-state index >= 15 is 0 Å². The lowest BCUT2D eigenvalue weighted by Gasteiger charge is -2.25. The number of benzene rings is 2. The summed E-state index contributed by atoms with van der Waals surface area (Å²) in [7, 11) is 0. The zero-order valence-corrected chi connectivity index (χ0v) is 45.4. The van der Waals surface area contributed by atoms with E-state index in [-0.39, 0.29) is 70.5 Å². The molecule has 0 saturated carbocycles. The van der Waals surface area contributed by atoms with Crippen molar-refractivity contribution in [3.05, 3.63) is 81.9 Å². The van der Waals surface area contributed by atoms with E-state index in [0.717, 1.165) is 11.1 Å². The van der Waals surface area contributed by atoms with Crippen LogP contribution in [0.25, 0.3) is 0 Å². The number of carbonyl (C=O) groups is 9. The van der Waals surface area contributed by atoms with Gasteiger partial charge in [0.25, 0.3) is 5.96 Å². The Balaban J connectivity index is 1.79. The number of nitrogens with one attached hydrogen (secondary N) is 8. The van der Waals surface area contributed by atoms with Gasteiger partial charge in [-0.05, 0) is 92.2 Å². The summed E-state index contributed by atoms with van der Waals surface area (Å²) < 4.78 is 16.1. The summed E-state index contributed by atoms with van der Waals surface area (Å²) >= 11 is 0. The van der Waals surface area contributed by atoms with E-state index in [4.69, 9.17) is 19.9 Å². The SMILES string of the molecule is C[C@H](CC(=O)C[C@@H](CCCCNC(=O)OCc1ccccc1)C(=O)OCc1ccccc1)NC(=O)C[C@H](C)NC(=O)C[C@@H](C)NC(=O)C[C@H](C)NC(=O)[C@H](C)NC(=O)[C@H](CCCN=C(N)N[N+](=O)[O-])NC(=O)OC(C)(C)C. The molecule has 10 N–H and O–H groups in total. The van der Waals surface area contributed by atoms with Gasteiger partial charge in [0.2, 0.25) is 29.5 Å². The molecule has 426 valence electrons. The molecule has 0 bridgehead atoms. The Morgan fingerprint density at radius 3 is 1.64 bits per heavy atom. The van der Waals surface area contributed by atoms with Crippen LogP contribution < -0.4 is 48.4 Å². The number of amides is 7. The van der Waals surface area contributed by atoms with Gasteiger partial charge in [-0.2, -0.15) is 0 Å². The number of hydrogen-bond acceptors (Lipinski definition) is 15. The largest absolute Gasteiger partial charge is 0.461 e. The minimum absolute atomic E-state index is 0.000424. The van der Waals surface area contributed by atoms with Gasteiger partial charge in [-0.15, -0.1) is 0 Å². The zero-order valence-electron chi connectivity index (χ0n) is 45.4. The van der Waals surface area contributed by atoms with Crippen LogP contribution in [0.15, 0.2) is 65.7 Å². The van der Waals surface area contributed by atoms with Crippen molar-refractivity contribution in [3.63, 3.8) is 0 Å². The summed E-state index contributed by atoms with van der Waals surface area (Å²) in [6.07, 6.45) is -0.526. The number of nitro groups is 1. The van der Waals surface area contributed by atoms with Crippen LogP contribution in [0.1, 0.15) is 131 Å². The number of alkyl carbamates (subject to hydrolysis) is 2. The fourth-order valence-electron chi connectivity index (χ4n) is 7.46. The highest BCUT2D eigenvalue weighted by Crippen LogP contribution is 2.19. The van der Waals surface area contributed by atoms with Gasteiger partial charge >= 0.3 is 18.2 Å². The number of aliphatic imine (C=N–C) groups is 1. The van der Waals surface area contributed by atoms with Gasteiger partial charge < -0.3 is 57.2 Å². The molecule has 0 saturated heterocycles. The van der Waals surface area contributed by atoms with Crippen molar-refractivity contribution in [2.45, 2.75) is 175 Å². The molecule has 0 aliphatic heterocycles. The van der Waals surface area contributed by atoms with E-state index in [0.29, 0.717) is 25.8 Å². The highest BCUT2D eigenvalue weighted by Gasteiger charge is 2.29. The lowest BCUT2D eigenvalue weighted by molar-refractivity contribution is -0.525. The fraction of sp³-hybridized carbons (Fsp3) is 0.577. The Labute approximate surface area is 449 Å². The van der Waals surface area contributed by atoms with Gasteiger partial charge in [-0.1, -0.05) is 72.5 Å². The maximum absolute atomic E-state index is 13.3. The molecule has 0 aliphatic rings. The average molecular weight is 1080 g/mol. The van der Waals surface area contributed by atoms with Crippen LogP contribution in [0, 0.1) is 16.0 Å². The third kappa shape index (κ3) is 30.9. The highest BCUT2D eigenvalue weighted by atomic mass is 16.7. The first kappa shape index (κ1) is 65.3. The van der Waals surface area contributed by atoms with Crippen molar-refractivity contribution >= 4 is 59.4 Å². The third-order valence-electron chi connectivity index (χ3n) is 11.0. The van der Waals surface area contributed by atoms with E-state index in [1.54, 1.807) is 53.9 Å². The van der Waals surface area contributed by atoms with Gasteiger partial charge in [-0.25, -0.2) is 24.7 Å². The molecule has 0 aliphatic carbocycles. The van der Waals surface area contributed by atoms with E-state index in [1.165, 1.54) is 6.92 Å². The zero-order chi connectivity index (χ0) is 57.5. The first-order valence-corrected chi connectivity index (χ1v) is 25.6. The second-order valence-electron chi connectivity index (χ2n) is 19.9. The summed E-state index contributed by atoms with van der Waals surface area (Å²) in [4.78, 5) is 130. The summed E-state index contributed by atoms with van der Waals surface area (Å²) in [5.41, 5.74) is 7.88. The second-order valence-corrected chi connectivity index (χ2v) is 19.9. The van der Waals surface area contributed by atoms with E-state index in [2.05, 4.69) is 42.2 Å². The number of Topliss-reactive ketones (excluding diaryl/α,β-unsaturated/α-hetero) is 1. The molecule has 25 heteroatoms. The summed E-state index contributed by atoms with van der Waals surface area (Å²) in [6, 6.07) is 13.5. The van der Waals surface area contributed by atoms with Crippen LogP contribution in [0.4, 0.5) is 9.59 Å². The summed E-state index contributed by atoms with van der Waals surface area (Å²) in [6.45, 7) is 13.2. The van der Waals surface area contributed by atoms with E-state index < -0.39 is 106 Å². The number of hydrogen-bond donors (Lipinski definition) is 9. The number of guanidine groups is 1. The van der Waals surface area contributed by atoms with Crippen LogP contribution in [-0.2, 0) is 61.0 Å². The van der Waals surface area contributed by atoms with Gasteiger partial charge in [0, 0.05) is 69.4 Å². The summed E-state index contributed by atoms with van der Waals surface area (Å²) in [5, 5.41) is 28.2. The highest BCUT2D eigenvalue weighted by molar-refractivity contribution is 5.91. The Morgan fingerprint density at radius 1 is 0.610 bits per heavy atom. The third-order valence-corrected chi connectivity index (χ3v) is 11.0. The monoisotopic (exact) mass is 1080 g/mol. The Hall–Kier alpha value is -7.86. The van der Waals surface area contributed by atoms with Gasteiger partial charge in [-0.3, -0.25) is 33.6 Å². The number of esters is 1. The van der Waals surface area contributed by atoms with Crippen LogP contribution in [0.3, 0.4) is 0 Å².